The van der Waals surface area contributed by atoms with Gasteiger partial charge in [-0.1, -0.05) is 26.0 Å². The highest BCUT2D eigenvalue weighted by atomic mass is 16.3. The smallest absolute Gasteiger partial charge is 0.111 e. The van der Waals surface area contributed by atoms with Gasteiger partial charge in [0.1, 0.15) is 5.69 Å². The zero-order valence-electron chi connectivity index (χ0n) is 14.2. The van der Waals surface area contributed by atoms with E-state index in [0.29, 0.717) is 11.8 Å². The summed E-state index contributed by atoms with van der Waals surface area (Å²) in [5.74, 6) is 1.24. The molecule has 1 aliphatic carbocycles. The van der Waals surface area contributed by atoms with Crippen molar-refractivity contribution >= 4 is 10.9 Å². The van der Waals surface area contributed by atoms with Gasteiger partial charge in [0.15, 0.2) is 0 Å². The molecule has 0 aliphatic heterocycles. The van der Waals surface area contributed by atoms with Crippen LogP contribution in [0.2, 0.25) is 0 Å². The van der Waals surface area contributed by atoms with Gasteiger partial charge in [-0.3, -0.25) is 5.10 Å². The number of nitrogens with zero attached hydrogens (tertiary/aromatic N) is 2. The van der Waals surface area contributed by atoms with Crippen molar-refractivity contribution in [3.63, 3.8) is 0 Å². The number of H-pyrrole nitrogens is 1. The fourth-order valence-corrected chi connectivity index (χ4v) is 3.30. The molecule has 4 heteroatoms. The Morgan fingerprint density at radius 1 is 1.17 bits per heavy atom. The molecule has 1 aliphatic rings. The van der Waals surface area contributed by atoms with Crippen LogP contribution in [0.4, 0.5) is 0 Å². The lowest BCUT2D eigenvalue weighted by Gasteiger charge is -2.09. The maximum atomic E-state index is 9.42. The second kappa shape index (κ2) is 6.02. The molecule has 0 bridgehead atoms. The third kappa shape index (κ3) is 2.94. The van der Waals surface area contributed by atoms with Crippen molar-refractivity contribution in [1.29, 1.82) is 0 Å². The van der Waals surface area contributed by atoms with Crippen molar-refractivity contribution in [2.75, 3.05) is 0 Å². The monoisotopic (exact) mass is 321 g/mol. The Hall–Kier alpha value is -2.20. The van der Waals surface area contributed by atoms with E-state index < -0.39 is 0 Å². The molecule has 1 fully saturated rings. The Morgan fingerprint density at radius 3 is 2.71 bits per heavy atom. The van der Waals surface area contributed by atoms with Gasteiger partial charge in [-0.25, -0.2) is 4.98 Å². The molecular weight excluding hydrogens is 298 g/mol. The van der Waals surface area contributed by atoms with Crippen molar-refractivity contribution < 1.29 is 5.11 Å². The van der Waals surface area contributed by atoms with Gasteiger partial charge in [-0.2, -0.15) is 5.10 Å². The van der Waals surface area contributed by atoms with Crippen LogP contribution in [-0.4, -0.2) is 20.3 Å². The Balaban J connectivity index is 1.81. The van der Waals surface area contributed by atoms with Crippen molar-refractivity contribution in [3.05, 3.63) is 47.2 Å². The second-order valence-corrected chi connectivity index (χ2v) is 7.26. The highest BCUT2D eigenvalue weighted by Crippen LogP contribution is 2.44. The van der Waals surface area contributed by atoms with Gasteiger partial charge in [0.25, 0.3) is 0 Å². The number of nitrogens with one attached hydrogen (secondary N) is 1. The lowest BCUT2D eigenvalue weighted by molar-refractivity contribution is 0.282. The third-order valence-electron chi connectivity index (χ3n) is 4.63. The van der Waals surface area contributed by atoms with Crippen LogP contribution in [0.1, 0.15) is 49.4 Å². The number of benzene rings is 1. The lowest BCUT2D eigenvalue weighted by Crippen LogP contribution is -1.94. The van der Waals surface area contributed by atoms with E-state index >= 15 is 0 Å². The van der Waals surface area contributed by atoms with E-state index in [2.05, 4.69) is 42.2 Å². The molecule has 0 unspecified atom stereocenters. The van der Waals surface area contributed by atoms with Crippen LogP contribution in [0.3, 0.4) is 0 Å². The molecule has 3 aromatic rings. The molecule has 124 valence electrons. The minimum absolute atomic E-state index is 0.0432. The summed E-state index contributed by atoms with van der Waals surface area (Å²) in [6, 6.07) is 10.4. The fourth-order valence-electron chi connectivity index (χ4n) is 3.30. The zero-order chi connectivity index (χ0) is 16.7. The molecule has 0 spiro atoms. The quantitative estimate of drug-likeness (QED) is 0.740. The van der Waals surface area contributed by atoms with Crippen LogP contribution in [0.15, 0.2) is 30.3 Å². The van der Waals surface area contributed by atoms with Gasteiger partial charge in [-0.15, -0.1) is 0 Å². The lowest BCUT2D eigenvalue weighted by atomic mass is 10.0. The van der Waals surface area contributed by atoms with Crippen molar-refractivity contribution in [3.8, 4) is 11.4 Å². The number of aromatic amines is 1. The number of fused-ring (bicyclic) bond motifs is 1. The van der Waals surface area contributed by atoms with E-state index in [-0.39, 0.29) is 6.61 Å². The number of aromatic nitrogens is 3. The van der Waals surface area contributed by atoms with E-state index in [4.69, 9.17) is 4.98 Å². The van der Waals surface area contributed by atoms with Crippen molar-refractivity contribution in [1.82, 2.24) is 15.2 Å². The Labute approximate surface area is 141 Å². The number of rotatable bonds is 5. The Bertz CT molecular complexity index is 878. The molecule has 1 aromatic carbocycles. The normalized spacial score (nSPS) is 14.7. The van der Waals surface area contributed by atoms with Gasteiger partial charge in [0.2, 0.25) is 0 Å². The molecule has 0 amide bonds. The van der Waals surface area contributed by atoms with Gasteiger partial charge in [-0.05, 0) is 60.4 Å². The summed E-state index contributed by atoms with van der Waals surface area (Å²) in [5, 5.41) is 18.2. The van der Waals surface area contributed by atoms with Crippen LogP contribution in [0, 0.1) is 5.92 Å². The first kappa shape index (κ1) is 15.3. The SMILES string of the molecule is CC(C)Cc1cc(-c2cc(C3CC3)c3ccc(CO)cc3n2)n[nH]1. The van der Waals surface area contributed by atoms with Crippen LogP contribution in [0.25, 0.3) is 22.3 Å². The standard InChI is InChI=1S/C20H23N3O/c1-12(2)7-15-9-20(23-22-15)19-10-17(14-4-5-14)16-6-3-13(11-24)8-18(16)21-19/h3,6,8-10,12,14,24H,4-5,7,11H2,1-2H3,(H,22,23). The van der Waals surface area contributed by atoms with E-state index in [1.165, 1.54) is 23.8 Å². The van der Waals surface area contributed by atoms with Crippen molar-refractivity contribution in [2.24, 2.45) is 5.92 Å². The first-order valence-corrected chi connectivity index (χ1v) is 8.73. The van der Waals surface area contributed by atoms with Crippen LogP contribution in [0.5, 0.6) is 0 Å². The largest absolute Gasteiger partial charge is 0.392 e. The molecular formula is C20H23N3O. The molecule has 24 heavy (non-hydrogen) atoms. The summed E-state index contributed by atoms with van der Waals surface area (Å²) >= 11 is 0. The Morgan fingerprint density at radius 2 is 2.00 bits per heavy atom. The number of hydrogen-bond acceptors (Lipinski definition) is 3. The van der Waals surface area contributed by atoms with E-state index in [1.54, 1.807) is 0 Å². The number of aliphatic hydroxyl groups is 1. The van der Waals surface area contributed by atoms with E-state index in [9.17, 15) is 5.11 Å². The maximum Gasteiger partial charge on any atom is 0.111 e. The highest BCUT2D eigenvalue weighted by Gasteiger charge is 2.26. The molecule has 2 N–H and O–H groups in total. The highest BCUT2D eigenvalue weighted by molar-refractivity contribution is 5.86. The minimum Gasteiger partial charge on any atom is -0.392 e. The first-order valence-electron chi connectivity index (χ1n) is 8.73. The average Bonchev–Trinajstić information content (AvgIpc) is 3.32. The predicted molar refractivity (Wildman–Crippen MR) is 95.8 cm³/mol. The molecule has 0 atom stereocenters. The Kier molecular flexibility index (Phi) is 3.85. The first-order chi connectivity index (χ1) is 11.6. The van der Waals surface area contributed by atoms with E-state index in [1.807, 2.05) is 12.1 Å². The minimum atomic E-state index is 0.0432. The maximum absolute atomic E-state index is 9.42. The molecule has 0 radical (unpaired) electrons. The fraction of sp³-hybridized carbons (Fsp3) is 0.400. The summed E-state index contributed by atoms with van der Waals surface area (Å²) in [6.45, 7) is 4.45. The van der Waals surface area contributed by atoms with Crippen LogP contribution < -0.4 is 0 Å². The van der Waals surface area contributed by atoms with Gasteiger partial charge < -0.3 is 5.11 Å². The summed E-state index contributed by atoms with van der Waals surface area (Å²) < 4.78 is 0. The average molecular weight is 321 g/mol. The predicted octanol–water partition coefficient (Wildman–Crippen LogP) is 4.19. The molecule has 0 saturated heterocycles. The third-order valence-corrected chi connectivity index (χ3v) is 4.63. The van der Waals surface area contributed by atoms with Gasteiger partial charge in [0.05, 0.1) is 17.8 Å². The molecule has 4 nitrogen and oxygen atoms in total. The number of pyridine rings is 1. The molecule has 1 saturated carbocycles. The van der Waals surface area contributed by atoms with Gasteiger partial charge >= 0.3 is 0 Å². The number of aliphatic hydroxyl groups excluding tert-OH is 1. The summed E-state index contributed by atoms with van der Waals surface area (Å²) in [7, 11) is 0. The summed E-state index contributed by atoms with van der Waals surface area (Å²) in [5.41, 5.74) is 6.20. The summed E-state index contributed by atoms with van der Waals surface area (Å²) in [4.78, 5) is 4.82. The van der Waals surface area contributed by atoms with Gasteiger partial charge in [0, 0.05) is 11.1 Å². The molecule has 2 heterocycles. The van der Waals surface area contributed by atoms with Crippen molar-refractivity contribution in [2.45, 2.75) is 45.6 Å². The van der Waals surface area contributed by atoms with E-state index in [0.717, 1.165) is 34.6 Å². The van der Waals surface area contributed by atoms with Crippen LogP contribution >= 0.6 is 0 Å². The summed E-state index contributed by atoms with van der Waals surface area (Å²) in [6.07, 6.45) is 3.49. The zero-order valence-corrected chi connectivity index (χ0v) is 14.2. The topological polar surface area (TPSA) is 61.8 Å². The van der Waals surface area contributed by atoms with Crippen LogP contribution in [-0.2, 0) is 13.0 Å². The second-order valence-electron chi connectivity index (χ2n) is 7.26. The molecule has 4 rings (SSSR count). The number of hydrogen-bond donors (Lipinski definition) is 2. The molecule has 2 aromatic heterocycles.